The molecule has 8 heteroatoms. The number of hydrogen-bond donors (Lipinski definition) is 2. The van der Waals surface area contributed by atoms with E-state index in [1.54, 1.807) is 22.7 Å². The Hall–Kier alpha value is -1.67. The van der Waals surface area contributed by atoms with Crippen molar-refractivity contribution < 1.29 is 19.5 Å². The van der Waals surface area contributed by atoms with Gasteiger partial charge < -0.3 is 15.3 Å². The second kappa shape index (κ2) is 7.15. The Kier molecular flexibility index (Phi) is 5.25. The van der Waals surface area contributed by atoms with Gasteiger partial charge in [0.05, 0.1) is 0 Å². The summed E-state index contributed by atoms with van der Waals surface area (Å²) in [6, 6.07) is 5.73. The number of benzene rings is 1. The van der Waals surface area contributed by atoms with E-state index in [-0.39, 0.29) is 11.3 Å². The number of thioether (sulfide) groups is 2. The minimum absolute atomic E-state index is 0.167. The number of carboxylic acids is 1. The Balaban J connectivity index is 1.86. The predicted octanol–water partition coefficient (Wildman–Crippen LogP) is 2.36. The molecule has 2 aliphatic heterocycles. The monoisotopic (exact) mass is 394 g/mol. The fourth-order valence-electron chi connectivity index (χ4n) is 3.55. The van der Waals surface area contributed by atoms with Crippen molar-refractivity contribution in [2.24, 2.45) is 0 Å². The minimum Gasteiger partial charge on any atom is -0.480 e. The van der Waals surface area contributed by atoms with Crippen LogP contribution < -0.4 is 5.32 Å². The summed E-state index contributed by atoms with van der Waals surface area (Å²) in [4.78, 5) is 39.0. The molecule has 2 amide bonds. The highest BCUT2D eigenvalue weighted by Gasteiger charge is 2.57. The van der Waals surface area contributed by atoms with Crippen molar-refractivity contribution in [3.63, 3.8) is 0 Å². The topological polar surface area (TPSA) is 86.7 Å². The smallest absolute Gasteiger partial charge is 0.326 e. The fourth-order valence-corrected chi connectivity index (χ4v) is 5.61. The van der Waals surface area contributed by atoms with E-state index >= 15 is 0 Å². The summed E-state index contributed by atoms with van der Waals surface area (Å²) in [5.74, 6) is -0.987. The molecule has 0 saturated carbocycles. The number of hydrogen-bond acceptors (Lipinski definition) is 5. The molecular weight excluding hydrogens is 372 g/mol. The van der Waals surface area contributed by atoms with Gasteiger partial charge in [-0.1, -0.05) is 18.2 Å². The van der Waals surface area contributed by atoms with Crippen LogP contribution in [-0.4, -0.2) is 56.6 Å². The molecule has 6 nitrogen and oxygen atoms in total. The average Bonchev–Trinajstić information content (AvgIpc) is 3.01. The summed E-state index contributed by atoms with van der Waals surface area (Å²) in [5.41, 5.74) is 1.54. The molecule has 3 rings (SSSR count). The molecule has 2 aliphatic rings. The molecule has 140 valence electrons. The molecular formula is C18H22N2O4S2. The maximum absolute atomic E-state index is 13.0. The van der Waals surface area contributed by atoms with E-state index in [2.05, 4.69) is 5.32 Å². The largest absolute Gasteiger partial charge is 0.480 e. The maximum atomic E-state index is 13.0. The molecule has 1 fully saturated rings. The molecule has 1 saturated heterocycles. The van der Waals surface area contributed by atoms with Gasteiger partial charge in [-0.3, -0.25) is 9.59 Å². The first kappa shape index (κ1) is 19.1. The van der Waals surface area contributed by atoms with E-state index in [4.69, 9.17) is 0 Å². The number of carboxylic acid groups (broad SMARTS) is 1. The number of rotatable bonds is 6. The predicted molar refractivity (Wildman–Crippen MR) is 103 cm³/mol. The zero-order chi connectivity index (χ0) is 19.1. The standard InChI is InChI=1S/C18H22N2O4S2/c1-18(2)13(14(21)19-12(17(23)24)8-9-25-3)20-15(22)10-6-4-5-7-11(10)16(20)26-18/h4-7,12-13,16H,8-9H2,1-3H3,(H,19,21)(H,23,24)/t12-,13+,16+/m0/s1. The summed E-state index contributed by atoms with van der Waals surface area (Å²) in [7, 11) is 0. The summed E-state index contributed by atoms with van der Waals surface area (Å²) >= 11 is 3.10. The van der Waals surface area contributed by atoms with Crippen LogP contribution >= 0.6 is 23.5 Å². The minimum atomic E-state index is -1.05. The maximum Gasteiger partial charge on any atom is 0.326 e. The van der Waals surface area contributed by atoms with Crippen LogP contribution in [-0.2, 0) is 9.59 Å². The molecule has 0 spiro atoms. The van der Waals surface area contributed by atoms with E-state index < -0.39 is 28.7 Å². The van der Waals surface area contributed by atoms with Gasteiger partial charge >= 0.3 is 5.97 Å². The Morgan fingerprint density at radius 1 is 1.38 bits per heavy atom. The summed E-state index contributed by atoms with van der Waals surface area (Å²) in [6.07, 6.45) is 2.24. The molecule has 1 aromatic carbocycles. The third-order valence-electron chi connectivity index (χ3n) is 4.77. The molecule has 0 aromatic heterocycles. The number of nitrogens with one attached hydrogen (secondary N) is 1. The van der Waals surface area contributed by atoms with Crippen molar-refractivity contribution in [2.45, 2.75) is 42.5 Å². The zero-order valence-electron chi connectivity index (χ0n) is 14.9. The van der Waals surface area contributed by atoms with Gasteiger partial charge in [0.25, 0.3) is 5.91 Å². The third-order valence-corrected chi connectivity index (χ3v) is 6.95. The van der Waals surface area contributed by atoms with Crippen molar-refractivity contribution in [1.29, 1.82) is 0 Å². The van der Waals surface area contributed by atoms with Gasteiger partial charge in [0, 0.05) is 10.3 Å². The van der Waals surface area contributed by atoms with Crippen LogP contribution in [0.5, 0.6) is 0 Å². The molecule has 0 aliphatic carbocycles. The van der Waals surface area contributed by atoms with E-state index in [1.165, 1.54) is 11.8 Å². The van der Waals surface area contributed by atoms with Crippen LogP contribution in [0.3, 0.4) is 0 Å². The number of carbonyl (C=O) groups excluding carboxylic acids is 2. The van der Waals surface area contributed by atoms with Crippen molar-refractivity contribution >= 4 is 41.3 Å². The number of carbonyl (C=O) groups is 3. The summed E-state index contributed by atoms with van der Waals surface area (Å²) in [6.45, 7) is 3.85. The first-order valence-corrected chi connectivity index (χ1v) is 10.7. The number of aliphatic carboxylic acids is 1. The number of nitrogens with zero attached hydrogens (tertiary/aromatic N) is 1. The van der Waals surface area contributed by atoms with Crippen molar-refractivity contribution in [2.75, 3.05) is 12.0 Å². The molecule has 3 atom stereocenters. The van der Waals surface area contributed by atoms with Gasteiger partial charge in [-0.2, -0.15) is 11.8 Å². The van der Waals surface area contributed by atoms with Gasteiger partial charge in [0.1, 0.15) is 17.5 Å². The normalized spacial score (nSPS) is 24.1. The van der Waals surface area contributed by atoms with Crippen molar-refractivity contribution in [3.8, 4) is 0 Å². The van der Waals surface area contributed by atoms with Crippen LogP contribution in [0.1, 0.15) is 41.6 Å². The molecule has 1 aromatic rings. The van der Waals surface area contributed by atoms with Crippen LogP contribution in [0.15, 0.2) is 24.3 Å². The van der Waals surface area contributed by atoms with Crippen LogP contribution in [0.4, 0.5) is 0 Å². The summed E-state index contributed by atoms with van der Waals surface area (Å²) in [5, 5.41) is 11.8. The third kappa shape index (κ3) is 3.20. The Labute approximate surface area is 161 Å². The first-order chi connectivity index (χ1) is 12.3. The van der Waals surface area contributed by atoms with Gasteiger partial charge in [0.15, 0.2) is 0 Å². The number of amides is 2. The van der Waals surface area contributed by atoms with Gasteiger partial charge in [0.2, 0.25) is 5.91 Å². The van der Waals surface area contributed by atoms with Crippen LogP contribution in [0.25, 0.3) is 0 Å². The highest BCUT2D eigenvalue weighted by molar-refractivity contribution is 8.01. The lowest BCUT2D eigenvalue weighted by molar-refractivity contribution is -0.142. The second-order valence-corrected chi connectivity index (χ2v) is 9.68. The lowest BCUT2D eigenvalue weighted by atomic mass is 10.00. The van der Waals surface area contributed by atoms with Gasteiger partial charge in [-0.05, 0) is 43.9 Å². The van der Waals surface area contributed by atoms with Crippen molar-refractivity contribution in [1.82, 2.24) is 10.2 Å². The average molecular weight is 395 g/mol. The van der Waals surface area contributed by atoms with E-state index in [9.17, 15) is 19.5 Å². The number of fused-ring (bicyclic) bond motifs is 3. The molecule has 0 bridgehead atoms. The fraction of sp³-hybridized carbons (Fsp3) is 0.500. The van der Waals surface area contributed by atoms with Gasteiger partial charge in [-0.15, -0.1) is 11.8 Å². The Morgan fingerprint density at radius 3 is 2.73 bits per heavy atom. The van der Waals surface area contributed by atoms with Gasteiger partial charge in [-0.25, -0.2) is 4.79 Å². The second-order valence-electron chi connectivity index (χ2n) is 6.96. The van der Waals surface area contributed by atoms with Crippen LogP contribution in [0, 0.1) is 0 Å². The SMILES string of the molecule is CSCC[C@H](NC(=O)[C@H]1N2C(=O)c3ccccc3[C@H]2SC1(C)C)C(=O)O. The van der Waals surface area contributed by atoms with E-state index in [0.717, 1.165) is 5.56 Å². The molecule has 0 radical (unpaired) electrons. The van der Waals surface area contributed by atoms with E-state index in [1.807, 2.05) is 38.3 Å². The molecule has 26 heavy (non-hydrogen) atoms. The lowest BCUT2D eigenvalue weighted by Crippen LogP contribution is -2.55. The highest BCUT2D eigenvalue weighted by atomic mass is 32.2. The first-order valence-electron chi connectivity index (χ1n) is 8.39. The summed E-state index contributed by atoms with van der Waals surface area (Å²) < 4.78 is -0.513. The Morgan fingerprint density at radius 2 is 2.08 bits per heavy atom. The quantitative estimate of drug-likeness (QED) is 0.770. The zero-order valence-corrected chi connectivity index (χ0v) is 16.5. The molecule has 2 N–H and O–H groups in total. The van der Waals surface area contributed by atoms with Crippen molar-refractivity contribution in [3.05, 3.63) is 35.4 Å². The Bertz CT molecular complexity index is 752. The molecule has 2 heterocycles. The van der Waals surface area contributed by atoms with E-state index in [0.29, 0.717) is 17.7 Å². The molecule has 0 unspecified atom stereocenters. The highest BCUT2D eigenvalue weighted by Crippen LogP contribution is 2.56. The lowest BCUT2D eigenvalue weighted by Gasteiger charge is -2.30. The van der Waals surface area contributed by atoms with Crippen LogP contribution in [0.2, 0.25) is 0 Å².